The van der Waals surface area contributed by atoms with Crippen LogP contribution in [-0.4, -0.2) is 20.5 Å². The molecule has 0 aromatic heterocycles. The van der Waals surface area contributed by atoms with E-state index in [-0.39, 0.29) is 12.1 Å². The summed E-state index contributed by atoms with van der Waals surface area (Å²) >= 11 is 3.19. The maximum absolute atomic E-state index is 13.6. The van der Waals surface area contributed by atoms with E-state index in [0.717, 1.165) is 31.2 Å². The van der Waals surface area contributed by atoms with Gasteiger partial charge in [-0.25, -0.2) is 4.39 Å². The summed E-state index contributed by atoms with van der Waals surface area (Å²) in [6.07, 6.45) is 4.15. The van der Waals surface area contributed by atoms with Crippen LogP contribution in [0.3, 0.4) is 0 Å². The summed E-state index contributed by atoms with van der Waals surface area (Å²) < 4.78 is 24.7. The van der Waals surface area contributed by atoms with Crippen LogP contribution in [0.2, 0.25) is 0 Å². The van der Waals surface area contributed by atoms with Gasteiger partial charge < -0.3 is 9.47 Å². The molecule has 1 aromatic rings. The van der Waals surface area contributed by atoms with Gasteiger partial charge in [0.2, 0.25) is 0 Å². The minimum Gasteiger partial charge on any atom is -0.356 e. The summed E-state index contributed by atoms with van der Waals surface area (Å²) in [6.45, 7) is 0. The topological polar surface area (TPSA) is 18.5 Å². The predicted octanol–water partition coefficient (Wildman–Crippen LogP) is 4.48. The molecule has 0 atom stereocenters. The van der Waals surface area contributed by atoms with Crippen LogP contribution in [0.25, 0.3) is 0 Å². The highest BCUT2D eigenvalue weighted by Gasteiger charge is 2.28. The second kappa shape index (κ2) is 6.82. The van der Waals surface area contributed by atoms with Crippen molar-refractivity contribution in [3.63, 3.8) is 0 Å². The quantitative estimate of drug-likeness (QED) is 0.758. The molecule has 2 nitrogen and oxygen atoms in total. The predicted molar refractivity (Wildman–Crippen MR) is 76.6 cm³/mol. The van der Waals surface area contributed by atoms with E-state index in [1.54, 1.807) is 26.4 Å². The summed E-state index contributed by atoms with van der Waals surface area (Å²) in [5.41, 5.74) is 1.10. The molecule has 0 saturated heterocycles. The van der Waals surface area contributed by atoms with Gasteiger partial charge in [-0.15, -0.1) is 0 Å². The third-order valence-electron chi connectivity index (χ3n) is 4.04. The molecule has 1 aliphatic carbocycles. The van der Waals surface area contributed by atoms with E-state index in [1.807, 2.05) is 6.07 Å². The zero-order chi connectivity index (χ0) is 13.8. The van der Waals surface area contributed by atoms with Gasteiger partial charge >= 0.3 is 0 Å². The lowest BCUT2D eigenvalue weighted by Crippen LogP contribution is -2.28. The molecule has 4 heteroatoms. The van der Waals surface area contributed by atoms with Crippen LogP contribution < -0.4 is 0 Å². The molecule has 1 saturated carbocycles. The van der Waals surface area contributed by atoms with Gasteiger partial charge in [-0.2, -0.15) is 0 Å². The highest BCUT2D eigenvalue weighted by molar-refractivity contribution is 9.10. The lowest BCUT2D eigenvalue weighted by Gasteiger charge is -2.32. The van der Waals surface area contributed by atoms with Crippen molar-refractivity contribution >= 4 is 15.9 Å². The SMILES string of the molecule is COC(OC)C1CCC(c2ccc(Br)c(F)c2)CC1. The second-order valence-electron chi connectivity index (χ2n) is 5.13. The first-order chi connectivity index (χ1) is 9.15. The molecule has 0 unspecified atom stereocenters. The van der Waals surface area contributed by atoms with E-state index < -0.39 is 0 Å². The highest BCUT2D eigenvalue weighted by Crippen LogP contribution is 2.38. The van der Waals surface area contributed by atoms with Crippen molar-refractivity contribution in [2.24, 2.45) is 5.92 Å². The lowest BCUT2D eigenvalue weighted by atomic mass is 9.78. The summed E-state index contributed by atoms with van der Waals surface area (Å²) in [7, 11) is 3.37. The van der Waals surface area contributed by atoms with Gasteiger partial charge in [0.1, 0.15) is 5.82 Å². The van der Waals surface area contributed by atoms with Gasteiger partial charge in [0.05, 0.1) is 4.47 Å². The molecule has 0 heterocycles. The van der Waals surface area contributed by atoms with Crippen molar-refractivity contribution in [2.75, 3.05) is 14.2 Å². The van der Waals surface area contributed by atoms with Crippen LogP contribution in [0.5, 0.6) is 0 Å². The van der Waals surface area contributed by atoms with Crippen LogP contribution in [0.15, 0.2) is 22.7 Å². The number of rotatable bonds is 4. The van der Waals surface area contributed by atoms with Crippen molar-refractivity contribution in [3.05, 3.63) is 34.1 Å². The van der Waals surface area contributed by atoms with Gasteiger partial charge in [-0.1, -0.05) is 6.07 Å². The zero-order valence-corrected chi connectivity index (χ0v) is 13.0. The minimum atomic E-state index is -0.175. The summed E-state index contributed by atoms with van der Waals surface area (Å²) in [6, 6.07) is 5.46. The van der Waals surface area contributed by atoms with Crippen LogP contribution in [-0.2, 0) is 9.47 Å². The normalized spacial score (nSPS) is 23.8. The molecule has 2 rings (SSSR count). The first-order valence-corrected chi connectivity index (χ1v) is 7.45. The molecule has 1 aromatic carbocycles. The molecular formula is C15H20BrFO2. The average molecular weight is 331 g/mol. The zero-order valence-electron chi connectivity index (χ0n) is 11.4. The Bertz CT molecular complexity index is 413. The number of halogens is 2. The van der Waals surface area contributed by atoms with E-state index >= 15 is 0 Å². The Morgan fingerprint density at radius 1 is 1.16 bits per heavy atom. The number of benzene rings is 1. The monoisotopic (exact) mass is 330 g/mol. The molecule has 0 spiro atoms. The molecule has 0 bridgehead atoms. The number of hydrogen-bond acceptors (Lipinski definition) is 2. The molecule has 106 valence electrons. The van der Waals surface area contributed by atoms with E-state index in [9.17, 15) is 4.39 Å². The molecule has 0 radical (unpaired) electrons. The average Bonchev–Trinajstić information content (AvgIpc) is 2.44. The summed E-state index contributed by atoms with van der Waals surface area (Å²) in [5, 5.41) is 0. The number of ether oxygens (including phenoxy) is 2. The first-order valence-electron chi connectivity index (χ1n) is 6.66. The molecule has 0 aliphatic heterocycles. The third-order valence-corrected chi connectivity index (χ3v) is 4.68. The lowest BCUT2D eigenvalue weighted by molar-refractivity contribution is -0.144. The second-order valence-corrected chi connectivity index (χ2v) is 5.98. The first kappa shape index (κ1) is 14.9. The fourth-order valence-corrected chi connectivity index (χ4v) is 3.22. The Hall–Kier alpha value is -0.450. The summed E-state index contributed by atoms with van der Waals surface area (Å²) in [4.78, 5) is 0. The largest absolute Gasteiger partial charge is 0.356 e. The van der Waals surface area contributed by atoms with Crippen molar-refractivity contribution in [3.8, 4) is 0 Å². The van der Waals surface area contributed by atoms with Gasteiger partial charge in [0.15, 0.2) is 6.29 Å². The van der Waals surface area contributed by atoms with Crippen molar-refractivity contribution in [1.29, 1.82) is 0 Å². The van der Waals surface area contributed by atoms with Crippen LogP contribution in [0.4, 0.5) is 4.39 Å². The Balaban J connectivity index is 1.97. The smallest absolute Gasteiger partial charge is 0.159 e. The van der Waals surface area contributed by atoms with E-state index in [1.165, 1.54) is 0 Å². The fourth-order valence-electron chi connectivity index (χ4n) is 2.97. The van der Waals surface area contributed by atoms with Gasteiger partial charge in [0, 0.05) is 20.1 Å². The van der Waals surface area contributed by atoms with E-state index in [2.05, 4.69) is 15.9 Å². The summed E-state index contributed by atoms with van der Waals surface area (Å²) in [5.74, 6) is 0.728. The molecule has 0 N–H and O–H groups in total. The van der Waals surface area contributed by atoms with Crippen LogP contribution >= 0.6 is 15.9 Å². The van der Waals surface area contributed by atoms with Gasteiger partial charge in [-0.3, -0.25) is 0 Å². The molecular weight excluding hydrogens is 311 g/mol. The number of methoxy groups -OCH3 is 2. The fraction of sp³-hybridized carbons (Fsp3) is 0.600. The molecule has 1 aliphatic rings. The Labute approximate surface area is 122 Å². The van der Waals surface area contributed by atoms with E-state index in [0.29, 0.717) is 16.3 Å². The van der Waals surface area contributed by atoms with Crippen molar-refractivity contribution in [1.82, 2.24) is 0 Å². The highest BCUT2D eigenvalue weighted by atomic mass is 79.9. The third kappa shape index (κ3) is 3.56. The van der Waals surface area contributed by atoms with Crippen molar-refractivity contribution < 1.29 is 13.9 Å². The maximum Gasteiger partial charge on any atom is 0.159 e. The molecule has 1 fully saturated rings. The molecule has 19 heavy (non-hydrogen) atoms. The maximum atomic E-state index is 13.6. The van der Waals surface area contributed by atoms with Crippen molar-refractivity contribution in [2.45, 2.75) is 37.9 Å². The van der Waals surface area contributed by atoms with Crippen LogP contribution in [0.1, 0.15) is 37.2 Å². The van der Waals surface area contributed by atoms with E-state index in [4.69, 9.17) is 9.47 Å². The minimum absolute atomic E-state index is 0.109. The Morgan fingerprint density at radius 3 is 2.32 bits per heavy atom. The number of hydrogen-bond donors (Lipinski definition) is 0. The van der Waals surface area contributed by atoms with Crippen LogP contribution in [0, 0.1) is 11.7 Å². The molecule has 0 amide bonds. The van der Waals surface area contributed by atoms with Gasteiger partial charge in [-0.05, 0) is 65.2 Å². The van der Waals surface area contributed by atoms with Gasteiger partial charge in [0.25, 0.3) is 0 Å². The Morgan fingerprint density at radius 2 is 1.79 bits per heavy atom. The Kier molecular flexibility index (Phi) is 5.37. The standard InChI is InChI=1S/C15H20BrFO2/c1-18-15(19-2)11-5-3-10(4-6-11)12-7-8-13(16)14(17)9-12/h7-11,15H,3-6H2,1-2H3.